The van der Waals surface area contributed by atoms with Crippen LogP contribution in [-0.2, 0) is 0 Å². The van der Waals surface area contributed by atoms with Crippen LogP contribution in [0.2, 0.25) is 0 Å². The monoisotopic (exact) mass is 307 g/mol. The molecule has 0 spiro atoms. The molecule has 0 aliphatic carbocycles. The Kier molecular flexibility index (Phi) is 4.15. The Morgan fingerprint density at radius 3 is 2.43 bits per heavy atom. The van der Waals surface area contributed by atoms with Crippen molar-refractivity contribution in [2.45, 2.75) is 13.8 Å². The van der Waals surface area contributed by atoms with E-state index in [9.17, 15) is 4.79 Å². The van der Waals surface area contributed by atoms with E-state index in [-0.39, 0.29) is 5.91 Å². The third-order valence-corrected chi connectivity index (χ3v) is 3.41. The van der Waals surface area contributed by atoms with E-state index in [1.54, 1.807) is 18.2 Å². The molecule has 3 aromatic rings. The predicted octanol–water partition coefficient (Wildman–Crippen LogP) is 4.94. The number of amides is 1. The highest BCUT2D eigenvalue weighted by Crippen LogP contribution is 2.24. The van der Waals surface area contributed by atoms with E-state index in [0.717, 1.165) is 16.9 Å². The first kappa shape index (κ1) is 14.9. The average Bonchev–Trinajstić information content (AvgIpc) is 2.95. The van der Waals surface area contributed by atoms with Crippen LogP contribution in [0.5, 0.6) is 11.5 Å². The van der Waals surface area contributed by atoms with Crippen molar-refractivity contribution < 1.29 is 13.9 Å². The first-order chi connectivity index (χ1) is 11.1. The maximum Gasteiger partial charge on any atom is 0.291 e. The summed E-state index contributed by atoms with van der Waals surface area (Å²) in [6.07, 6.45) is 1.50. The van der Waals surface area contributed by atoms with Gasteiger partial charge in [0.05, 0.1) is 6.26 Å². The number of rotatable bonds is 4. The van der Waals surface area contributed by atoms with Crippen molar-refractivity contribution in [1.82, 2.24) is 0 Å². The van der Waals surface area contributed by atoms with Gasteiger partial charge >= 0.3 is 0 Å². The summed E-state index contributed by atoms with van der Waals surface area (Å²) < 4.78 is 11.0. The number of nitrogens with one attached hydrogen (secondary N) is 1. The molecule has 0 radical (unpaired) electrons. The lowest BCUT2D eigenvalue weighted by Crippen LogP contribution is -2.11. The van der Waals surface area contributed by atoms with Gasteiger partial charge in [0.15, 0.2) is 5.76 Å². The SMILES string of the molecule is Cc1cccc(Oc2ccc(NC(=O)c3occc3C)cc2)c1. The minimum atomic E-state index is -0.264. The summed E-state index contributed by atoms with van der Waals surface area (Å²) in [7, 11) is 0. The van der Waals surface area contributed by atoms with E-state index >= 15 is 0 Å². The van der Waals surface area contributed by atoms with Crippen LogP contribution >= 0.6 is 0 Å². The number of ether oxygens (including phenoxy) is 1. The summed E-state index contributed by atoms with van der Waals surface area (Å²) in [6.45, 7) is 3.85. The van der Waals surface area contributed by atoms with Crippen molar-refractivity contribution >= 4 is 11.6 Å². The normalized spacial score (nSPS) is 10.3. The fourth-order valence-corrected chi connectivity index (χ4v) is 2.21. The number of benzene rings is 2. The second kappa shape index (κ2) is 6.40. The maximum absolute atomic E-state index is 12.1. The van der Waals surface area contributed by atoms with Crippen LogP contribution in [-0.4, -0.2) is 5.91 Å². The first-order valence-corrected chi connectivity index (χ1v) is 7.32. The largest absolute Gasteiger partial charge is 0.459 e. The van der Waals surface area contributed by atoms with Gasteiger partial charge in [0.25, 0.3) is 5.91 Å². The van der Waals surface area contributed by atoms with Gasteiger partial charge in [-0.25, -0.2) is 0 Å². The fourth-order valence-electron chi connectivity index (χ4n) is 2.21. The Bertz CT molecular complexity index is 819. The van der Waals surface area contributed by atoms with Crippen LogP contribution in [0.3, 0.4) is 0 Å². The van der Waals surface area contributed by atoms with E-state index < -0.39 is 0 Å². The maximum atomic E-state index is 12.1. The molecular weight excluding hydrogens is 290 g/mol. The third-order valence-electron chi connectivity index (χ3n) is 3.41. The summed E-state index contributed by atoms with van der Waals surface area (Å²) in [5, 5.41) is 2.80. The van der Waals surface area contributed by atoms with Crippen LogP contribution in [0.4, 0.5) is 5.69 Å². The number of carbonyl (C=O) groups excluding carboxylic acids is 1. The second-order valence-electron chi connectivity index (χ2n) is 5.33. The number of hydrogen-bond acceptors (Lipinski definition) is 3. The number of aryl methyl sites for hydroxylation is 2. The van der Waals surface area contributed by atoms with Crippen LogP contribution < -0.4 is 10.1 Å². The molecule has 2 aromatic carbocycles. The van der Waals surface area contributed by atoms with Gasteiger partial charge < -0.3 is 14.5 Å². The summed E-state index contributed by atoms with van der Waals surface area (Å²) in [5.41, 5.74) is 2.63. The van der Waals surface area contributed by atoms with Crippen LogP contribution in [0.25, 0.3) is 0 Å². The molecular formula is C19H17NO3. The zero-order valence-electron chi connectivity index (χ0n) is 13.0. The number of carbonyl (C=O) groups is 1. The molecule has 0 atom stereocenters. The molecule has 116 valence electrons. The molecule has 0 saturated carbocycles. The summed E-state index contributed by atoms with van der Waals surface area (Å²) in [5.74, 6) is 1.56. The molecule has 0 aliphatic heterocycles. The number of anilines is 1. The average molecular weight is 307 g/mol. The number of hydrogen-bond donors (Lipinski definition) is 1. The molecule has 4 heteroatoms. The summed E-state index contributed by atoms with van der Waals surface area (Å²) >= 11 is 0. The van der Waals surface area contributed by atoms with Gasteiger partial charge in [-0.2, -0.15) is 0 Å². The molecule has 0 bridgehead atoms. The minimum Gasteiger partial charge on any atom is -0.459 e. The second-order valence-corrected chi connectivity index (χ2v) is 5.33. The topological polar surface area (TPSA) is 51.5 Å². The van der Waals surface area contributed by atoms with Gasteiger partial charge in [0.2, 0.25) is 0 Å². The Morgan fingerprint density at radius 2 is 1.78 bits per heavy atom. The van der Waals surface area contributed by atoms with E-state index in [1.807, 2.05) is 50.2 Å². The quantitative estimate of drug-likeness (QED) is 0.742. The zero-order chi connectivity index (χ0) is 16.2. The molecule has 23 heavy (non-hydrogen) atoms. The smallest absolute Gasteiger partial charge is 0.291 e. The fraction of sp³-hybridized carbons (Fsp3) is 0.105. The lowest BCUT2D eigenvalue weighted by molar-refractivity contribution is 0.0996. The van der Waals surface area contributed by atoms with Gasteiger partial charge in [0.1, 0.15) is 11.5 Å². The van der Waals surface area contributed by atoms with E-state index in [1.165, 1.54) is 6.26 Å². The molecule has 0 fully saturated rings. The van der Waals surface area contributed by atoms with Crippen molar-refractivity contribution in [3.63, 3.8) is 0 Å². The van der Waals surface area contributed by atoms with Crippen LogP contribution in [0, 0.1) is 13.8 Å². The first-order valence-electron chi connectivity index (χ1n) is 7.32. The van der Waals surface area contributed by atoms with Gasteiger partial charge in [-0.05, 0) is 61.9 Å². The molecule has 3 rings (SSSR count). The molecule has 1 N–H and O–H groups in total. The van der Waals surface area contributed by atoms with Gasteiger partial charge in [-0.1, -0.05) is 12.1 Å². The standard InChI is InChI=1S/C19H17NO3/c1-13-4-3-5-17(12-13)23-16-8-6-15(7-9-16)20-19(21)18-14(2)10-11-22-18/h3-12H,1-2H3,(H,20,21). The Hall–Kier alpha value is -3.01. The Balaban J connectivity index is 1.67. The number of furan rings is 1. The Morgan fingerprint density at radius 1 is 1.00 bits per heavy atom. The molecule has 1 aromatic heterocycles. The zero-order valence-corrected chi connectivity index (χ0v) is 13.0. The summed E-state index contributed by atoms with van der Waals surface area (Å²) in [4.78, 5) is 12.1. The highest BCUT2D eigenvalue weighted by Gasteiger charge is 2.12. The lowest BCUT2D eigenvalue weighted by atomic mass is 10.2. The Labute approximate surface area is 134 Å². The summed E-state index contributed by atoms with van der Waals surface area (Å²) in [6, 6.07) is 16.8. The predicted molar refractivity (Wildman–Crippen MR) is 89.1 cm³/mol. The van der Waals surface area contributed by atoms with Crippen molar-refractivity contribution in [3.05, 3.63) is 77.7 Å². The molecule has 0 unspecified atom stereocenters. The molecule has 4 nitrogen and oxygen atoms in total. The van der Waals surface area contributed by atoms with E-state index in [2.05, 4.69) is 5.32 Å². The van der Waals surface area contributed by atoms with Crippen molar-refractivity contribution in [2.24, 2.45) is 0 Å². The van der Waals surface area contributed by atoms with Gasteiger partial charge in [0, 0.05) is 11.3 Å². The highest BCUT2D eigenvalue weighted by atomic mass is 16.5. The van der Waals surface area contributed by atoms with Gasteiger partial charge in [-0.15, -0.1) is 0 Å². The van der Waals surface area contributed by atoms with Crippen molar-refractivity contribution in [2.75, 3.05) is 5.32 Å². The van der Waals surface area contributed by atoms with E-state index in [4.69, 9.17) is 9.15 Å². The molecule has 0 saturated heterocycles. The van der Waals surface area contributed by atoms with Crippen molar-refractivity contribution in [3.8, 4) is 11.5 Å². The highest BCUT2D eigenvalue weighted by molar-refractivity contribution is 6.03. The third kappa shape index (κ3) is 3.61. The molecule has 0 aliphatic rings. The van der Waals surface area contributed by atoms with Crippen LogP contribution in [0.15, 0.2) is 65.3 Å². The van der Waals surface area contributed by atoms with Crippen LogP contribution in [0.1, 0.15) is 21.7 Å². The molecule has 1 amide bonds. The van der Waals surface area contributed by atoms with E-state index in [0.29, 0.717) is 17.2 Å². The lowest BCUT2D eigenvalue weighted by Gasteiger charge is -2.08. The van der Waals surface area contributed by atoms with Crippen molar-refractivity contribution in [1.29, 1.82) is 0 Å². The molecule has 1 heterocycles. The minimum absolute atomic E-state index is 0.264. The van der Waals surface area contributed by atoms with Gasteiger partial charge in [-0.3, -0.25) is 4.79 Å².